The van der Waals surface area contributed by atoms with Gasteiger partial charge in [0.15, 0.2) is 0 Å². The van der Waals surface area contributed by atoms with Gasteiger partial charge in [0.05, 0.1) is 5.57 Å². The van der Waals surface area contributed by atoms with E-state index in [-0.39, 0.29) is 22.6 Å². The molecule has 0 saturated carbocycles. The molecule has 0 aromatic rings. The summed E-state index contributed by atoms with van der Waals surface area (Å²) in [6.45, 7) is 5.41. The molecule has 1 aliphatic heterocycles. The molecule has 0 aliphatic carbocycles. The van der Waals surface area contributed by atoms with Gasteiger partial charge in [-0.25, -0.2) is 0 Å². The zero-order valence-electron chi connectivity index (χ0n) is 11.2. The molecule has 1 heterocycles. The van der Waals surface area contributed by atoms with E-state index in [0.29, 0.717) is 0 Å². The highest BCUT2D eigenvalue weighted by Crippen LogP contribution is 2.49. The molecule has 1 rings (SSSR count). The average Bonchev–Trinajstić information content (AvgIpc) is 2.64. The number of nitriles is 3. The number of allylic oxidation sites excluding steroid dienone is 1. The monoisotopic (exact) mass is 258 g/mol. The number of nitrogens with two attached hydrogens (primary N) is 1. The smallest absolute Gasteiger partial charge is 0.247 e. The average molecular weight is 258 g/mol. The van der Waals surface area contributed by atoms with Gasteiger partial charge in [0.25, 0.3) is 0 Å². The van der Waals surface area contributed by atoms with Gasteiger partial charge in [0.2, 0.25) is 11.7 Å². The van der Waals surface area contributed by atoms with E-state index in [1.807, 2.05) is 6.07 Å². The second kappa shape index (κ2) is 4.65. The van der Waals surface area contributed by atoms with Crippen LogP contribution in [0, 0.1) is 39.4 Å². The van der Waals surface area contributed by atoms with Crippen molar-refractivity contribution in [3.05, 3.63) is 22.6 Å². The van der Waals surface area contributed by atoms with Gasteiger partial charge < -0.3 is 15.2 Å². The van der Waals surface area contributed by atoms with Crippen molar-refractivity contribution in [2.75, 3.05) is 7.11 Å². The van der Waals surface area contributed by atoms with Crippen molar-refractivity contribution in [2.24, 2.45) is 11.1 Å². The van der Waals surface area contributed by atoms with E-state index in [4.69, 9.17) is 31.0 Å². The summed E-state index contributed by atoms with van der Waals surface area (Å²) in [6.07, 6.45) is 0. The first-order chi connectivity index (χ1) is 8.78. The maximum atomic E-state index is 9.16. The molecule has 19 heavy (non-hydrogen) atoms. The normalized spacial score (nSPS) is 22.3. The summed E-state index contributed by atoms with van der Waals surface area (Å²) in [5.74, 6) is -1.57. The predicted octanol–water partition coefficient (Wildman–Crippen LogP) is 1.44. The molecule has 6 nitrogen and oxygen atoms in total. The van der Waals surface area contributed by atoms with Crippen LogP contribution in [0.25, 0.3) is 0 Å². The van der Waals surface area contributed by atoms with Gasteiger partial charge in [-0.3, -0.25) is 0 Å². The van der Waals surface area contributed by atoms with Crippen molar-refractivity contribution < 1.29 is 9.47 Å². The zero-order valence-corrected chi connectivity index (χ0v) is 11.2. The maximum Gasteiger partial charge on any atom is 0.247 e. The molecule has 1 aliphatic rings. The Morgan fingerprint density at radius 2 is 1.79 bits per heavy atom. The van der Waals surface area contributed by atoms with Crippen LogP contribution >= 0.6 is 0 Å². The molecule has 0 aromatic carbocycles. The number of hydrogen-bond donors (Lipinski definition) is 1. The summed E-state index contributed by atoms with van der Waals surface area (Å²) >= 11 is 0. The maximum absolute atomic E-state index is 9.16. The Morgan fingerprint density at radius 1 is 1.26 bits per heavy atom. The summed E-state index contributed by atoms with van der Waals surface area (Å²) in [4.78, 5) is 0. The van der Waals surface area contributed by atoms with E-state index in [9.17, 15) is 0 Å². The van der Waals surface area contributed by atoms with E-state index in [0.717, 1.165) is 0 Å². The van der Waals surface area contributed by atoms with E-state index in [1.165, 1.54) is 7.11 Å². The lowest BCUT2D eigenvalue weighted by atomic mass is 9.77. The van der Waals surface area contributed by atoms with Crippen LogP contribution in [0.5, 0.6) is 0 Å². The Hall–Kier alpha value is -2.49. The first kappa shape index (κ1) is 14.6. The van der Waals surface area contributed by atoms with Crippen molar-refractivity contribution in [2.45, 2.75) is 26.6 Å². The molecule has 2 N–H and O–H groups in total. The first-order valence-electron chi connectivity index (χ1n) is 5.48. The third-order valence-corrected chi connectivity index (χ3v) is 2.94. The van der Waals surface area contributed by atoms with Crippen LogP contribution < -0.4 is 5.73 Å². The summed E-state index contributed by atoms with van der Waals surface area (Å²) in [5.41, 5.74) is 4.85. The third-order valence-electron chi connectivity index (χ3n) is 2.94. The fraction of sp³-hybridized carbons (Fsp3) is 0.462. The fourth-order valence-electron chi connectivity index (χ4n) is 2.06. The summed E-state index contributed by atoms with van der Waals surface area (Å²) in [6, 6.07) is 5.38. The Kier molecular flexibility index (Phi) is 3.56. The SMILES string of the molecule is COC1(C(C)(C)C)OC(N)=C(C#N)C1=C(C#N)C#N. The number of nitrogens with zero attached hydrogens (tertiary/aromatic N) is 3. The van der Waals surface area contributed by atoms with E-state index >= 15 is 0 Å². The standard InChI is InChI=1S/C13H14N4O2/c1-12(2,3)13(18-4)10(8(5-14)6-15)9(7-16)11(17)19-13/h17H2,1-4H3. The zero-order chi connectivity index (χ0) is 14.8. The first-order valence-corrected chi connectivity index (χ1v) is 5.48. The van der Waals surface area contributed by atoms with E-state index in [1.54, 1.807) is 32.9 Å². The predicted molar refractivity (Wildman–Crippen MR) is 65.4 cm³/mol. The molecule has 0 aromatic heterocycles. The molecule has 0 fully saturated rings. The van der Waals surface area contributed by atoms with Crippen molar-refractivity contribution in [3.63, 3.8) is 0 Å². The van der Waals surface area contributed by atoms with Crippen LogP contribution in [-0.2, 0) is 9.47 Å². The number of hydrogen-bond acceptors (Lipinski definition) is 6. The van der Waals surface area contributed by atoms with Crippen molar-refractivity contribution in [1.82, 2.24) is 0 Å². The minimum atomic E-state index is -1.43. The van der Waals surface area contributed by atoms with Crippen LogP contribution in [0.1, 0.15) is 20.8 Å². The van der Waals surface area contributed by atoms with Crippen molar-refractivity contribution in [3.8, 4) is 18.2 Å². The largest absolute Gasteiger partial charge is 0.441 e. The Balaban J connectivity index is 3.76. The molecule has 0 amide bonds. The summed E-state index contributed by atoms with van der Waals surface area (Å²) < 4.78 is 10.9. The summed E-state index contributed by atoms with van der Waals surface area (Å²) in [7, 11) is 1.38. The Morgan fingerprint density at radius 3 is 2.11 bits per heavy atom. The van der Waals surface area contributed by atoms with Crippen molar-refractivity contribution >= 4 is 0 Å². The second-order valence-electron chi connectivity index (χ2n) is 5.00. The Labute approximate surface area is 111 Å². The Bertz CT molecular complexity index is 574. The molecule has 0 spiro atoms. The fourth-order valence-corrected chi connectivity index (χ4v) is 2.06. The molecular weight excluding hydrogens is 244 g/mol. The highest BCUT2D eigenvalue weighted by atomic mass is 16.7. The van der Waals surface area contributed by atoms with Crippen LogP contribution in [0.15, 0.2) is 22.6 Å². The van der Waals surface area contributed by atoms with Crippen LogP contribution in [0.2, 0.25) is 0 Å². The minimum Gasteiger partial charge on any atom is -0.441 e. The summed E-state index contributed by atoms with van der Waals surface area (Å²) in [5, 5.41) is 27.3. The number of methoxy groups -OCH3 is 1. The minimum absolute atomic E-state index is 0.0325. The van der Waals surface area contributed by atoms with Gasteiger partial charge in [0.1, 0.15) is 29.4 Å². The molecule has 98 valence electrons. The molecule has 1 atom stereocenters. The van der Waals surface area contributed by atoms with Crippen LogP contribution in [0.4, 0.5) is 0 Å². The van der Waals surface area contributed by atoms with Crippen LogP contribution in [0.3, 0.4) is 0 Å². The molecule has 1 unspecified atom stereocenters. The quantitative estimate of drug-likeness (QED) is 0.711. The third kappa shape index (κ3) is 1.91. The second-order valence-corrected chi connectivity index (χ2v) is 5.00. The molecular formula is C13H14N4O2. The number of ether oxygens (including phenoxy) is 2. The van der Waals surface area contributed by atoms with Gasteiger partial charge in [-0.05, 0) is 0 Å². The molecule has 0 radical (unpaired) electrons. The lowest BCUT2D eigenvalue weighted by Gasteiger charge is -2.40. The van der Waals surface area contributed by atoms with Gasteiger partial charge in [-0.2, -0.15) is 15.8 Å². The molecule has 0 bridgehead atoms. The number of rotatable bonds is 1. The molecule has 6 heteroatoms. The van der Waals surface area contributed by atoms with Gasteiger partial charge in [0, 0.05) is 12.5 Å². The van der Waals surface area contributed by atoms with Crippen molar-refractivity contribution in [1.29, 1.82) is 15.8 Å². The van der Waals surface area contributed by atoms with Gasteiger partial charge in [-0.1, -0.05) is 20.8 Å². The lowest BCUT2D eigenvalue weighted by molar-refractivity contribution is -0.219. The van der Waals surface area contributed by atoms with Gasteiger partial charge >= 0.3 is 0 Å². The highest BCUT2D eigenvalue weighted by molar-refractivity contribution is 5.60. The van der Waals surface area contributed by atoms with E-state index in [2.05, 4.69) is 0 Å². The lowest BCUT2D eigenvalue weighted by Crippen LogP contribution is -2.47. The van der Waals surface area contributed by atoms with Crippen LogP contribution in [-0.4, -0.2) is 12.9 Å². The van der Waals surface area contributed by atoms with Gasteiger partial charge in [-0.15, -0.1) is 0 Å². The highest BCUT2D eigenvalue weighted by Gasteiger charge is 2.56. The van der Waals surface area contributed by atoms with E-state index < -0.39 is 11.2 Å². The topological polar surface area (TPSA) is 116 Å². The molecule has 0 saturated heterocycles.